The van der Waals surface area contributed by atoms with Gasteiger partial charge in [-0.3, -0.25) is 14.4 Å². The van der Waals surface area contributed by atoms with E-state index in [1.165, 1.54) is 6.92 Å². The number of anilines is 1. The predicted molar refractivity (Wildman–Crippen MR) is 143 cm³/mol. The van der Waals surface area contributed by atoms with Crippen molar-refractivity contribution in [2.24, 2.45) is 0 Å². The lowest BCUT2D eigenvalue weighted by Crippen LogP contribution is -2.39. The van der Waals surface area contributed by atoms with Crippen molar-refractivity contribution in [3.8, 4) is 0 Å². The third kappa shape index (κ3) is 14.0. The maximum absolute atomic E-state index is 12.5. The van der Waals surface area contributed by atoms with Gasteiger partial charge in [0.25, 0.3) is 5.91 Å². The summed E-state index contributed by atoms with van der Waals surface area (Å²) >= 11 is 0. The van der Waals surface area contributed by atoms with Crippen LogP contribution in [0.4, 0.5) is 5.69 Å². The summed E-state index contributed by atoms with van der Waals surface area (Å²) in [5.41, 5.74) is 1.09. The van der Waals surface area contributed by atoms with E-state index in [-0.39, 0.29) is 35.5 Å². The third-order valence-electron chi connectivity index (χ3n) is 4.95. The van der Waals surface area contributed by atoms with Gasteiger partial charge in [-0.25, -0.2) is 0 Å². The molecule has 1 rings (SSSR count). The fraction of sp³-hybridized carbons (Fsp3) is 0.679. The molecule has 6 nitrogen and oxygen atoms in total. The van der Waals surface area contributed by atoms with Gasteiger partial charge in [0.1, 0.15) is 5.60 Å². The van der Waals surface area contributed by atoms with Gasteiger partial charge in [-0.1, -0.05) is 54.0 Å². The van der Waals surface area contributed by atoms with Crippen LogP contribution in [0.2, 0.25) is 0 Å². The molecule has 0 spiro atoms. The molecule has 1 aromatic carbocycles. The fourth-order valence-corrected chi connectivity index (χ4v) is 3.49. The second-order valence-corrected chi connectivity index (χ2v) is 8.98. The van der Waals surface area contributed by atoms with Crippen LogP contribution in [-0.2, 0) is 14.3 Å². The summed E-state index contributed by atoms with van der Waals surface area (Å²) in [7, 11) is 0. The number of nitrogens with one attached hydrogen (secondary N) is 1. The molecular weight excluding hydrogens is 428 g/mol. The molecule has 0 aliphatic heterocycles. The molecule has 1 N–H and O–H groups in total. The lowest BCUT2D eigenvalue weighted by Gasteiger charge is -2.30. The number of carbonyl (C=O) groups excluding carboxylic acids is 3. The van der Waals surface area contributed by atoms with E-state index >= 15 is 0 Å². The predicted octanol–water partition coefficient (Wildman–Crippen LogP) is 6.91. The summed E-state index contributed by atoms with van der Waals surface area (Å²) in [6.07, 6.45) is 4.71. The highest BCUT2D eigenvalue weighted by Gasteiger charge is 2.22. The van der Waals surface area contributed by atoms with Crippen molar-refractivity contribution in [1.82, 2.24) is 5.32 Å². The number of ether oxygens (including phenoxy) is 1. The Hall–Kier alpha value is -2.37. The zero-order valence-corrected chi connectivity index (χ0v) is 23.6. The monoisotopic (exact) mass is 478 g/mol. The Morgan fingerprint density at radius 3 is 1.88 bits per heavy atom. The first kappa shape index (κ1) is 33.8. The minimum Gasteiger partial charge on any atom is -0.460 e. The van der Waals surface area contributed by atoms with Crippen LogP contribution in [0.15, 0.2) is 24.3 Å². The molecule has 0 aromatic heterocycles. The minimum absolute atomic E-state index is 0.0212. The van der Waals surface area contributed by atoms with E-state index in [2.05, 4.69) is 33.0 Å². The normalized spacial score (nSPS) is 11.3. The van der Waals surface area contributed by atoms with Gasteiger partial charge in [-0.2, -0.15) is 0 Å². The van der Waals surface area contributed by atoms with E-state index in [1.54, 1.807) is 13.0 Å². The van der Waals surface area contributed by atoms with Crippen molar-refractivity contribution < 1.29 is 19.1 Å². The van der Waals surface area contributed by atoms with Crippen molar-refractivity contribution >= 4 is 23.5 Å². The molecule has 1 aromatic rings. The zero-order chi connectivity index (χ0) is 26.9. The van der Waals surface area contributed by atoms with Crippen LogP contribution < -0.4 is 10.2 Å². The molecule has 2 amide bonds. The average Bonchev–Trinajstić information content (AvgIpc) is 2.77. The molecule has 0 aliphatic carbocycles. The highest BCUT2D eigenvalue weighted by molar-refractivity contribution is 5.97. The number of hydrogen-bond acceptors (Lipinski definition) is 4. The molecule has 0 aliphatic rings. The summed E-state index contributed by atoms with van der Waals surface area (Å²) < 4.78 is 4.80. The highest BCUT2D eigenvalue weighted by Crippen LogP contribution is 2.23. The lowest BCUT2D eigenvalue weighted by molar-refractivity contribution is -0.151. The summed E-state index contributed by atoms with van der Waals surface area (Å²) in [5.74, 6) is -0.275. The molecule has 0 saturated carbocycles. The summed E-state index contributed by atoms with van der Waals surface area (Å²) in [4.78, 5) is 36.7. The first-order chi connectivity index (χ1) is 15.9. The number of carbonyl (C=O) groups is 3. The molecule has 0 bridgehead atoms. The van der Waals surface area contributed by atoms with Crippen LogP contribution in [0.3, 0.4) is 0 Å². The standard InChI is InChI=1S/C20H32N2O2.C6H12O2.C2H6/c1-6-11-18(9-4)22(15(5)23)19-13-10-12-16(14-19)20(24)21-17(7-2)8-3;1-5(7)8-6(2,3)4;1-2/h10,12-14,17-18H,6-9,11H2,1-5H3,(H,21,24);1-4H3;1-2H3. The van der Waals surface area contributed by atoms with Crippen LogP contribution in [0.25, 0.3) is 0 Å². The van der Waals surface area contributed by atoms with E-state index in [0.29, 0.717) is 5.56 Å². The molecule has 196 valence electrons. The molecule has 34 heavy (non-hydrogen) atoms. The molecular formula is C28H50N2O4. The maximum Gasteiger partial charge on any atom is 0.303 e. The van der Waals surface area contributed by atoms with Crippen molar-refractivity contribution in [3.05, 3.63) is 29.8 Å². The van der Waals surface area contributed by atoms with Crippen LogP contribution in [0.1, 0.15) is 119 Å². The van der Waals surface area contributed by atoms with Crippen molar-refractivity contribution in [3.63, 3.8) is 0 Å². The Kier molecular flexibility index (Phi) is 17.9. The summed E-state index contributed by atoms with van der Waals surface area (Å²) in [5, 5.41) is 3.05. The minimum atomic E-state index is -0.328. The van der Waals surface area contributed by atoms with Gasteiger partial charge in [0.15, 0.2) is 0 Å². The molecule has 0 saturated heterocycles. The molecule has 1 unspecified atom stereocenters. The Labute approximate surface area is 208 Å². The van der Waals surface area contributed by atoms with Gasteiger partial charge >= 0.3 is 5.97 Å². The quantitative estimate of drug-likeness (QED) is 0.391. The molecule has 0 radical (unpaired) electrons. The Morgan fingerprint density at radius 1 is 0.971 bits per heavy atom. The second-order valence-electron chi connectivity index (χ2n) is 8.98. The van der Waals surface area contributed by atoms with Gasteiger partial charge in [0.2, 0.25) is 5.91 Å². The smallest absolute Gasteiger partial charge is 0.303 e. The van der Waals surface area contributed by atoms with E-state index in [4.69, 9.17) is 4.74 Å². The van der Waals surface area contributed by atoms with Crippen molar-refractivity contribution in [2.75, 3.05) is 4.90 Å². The topological polar surface area (TPSA) is 75.7 Å². The first-order valence-electron chi connectivity index (χ1n) is 12.8. The third-order valence-corrected chi connectivity index (χ3v) is 4.95. The van der Waals surface area contributed by atoms with Gasteiger partial charge in [0.05, 0.1) is 0 Å². The van der Waals surface area contributed by atoms with E-state index in [0.717, 1.165) is 37.8 Å². The molecule has 1 atom stereocenters. The fourth-order valence-electron chi connectivity index (χ4n) is 3.49. The number of nitrogens with zero attached hydrogens (tertiary/aromatic N) is 1. The van der Waals surface area contributed by atoms with E-state index < -0.39 is 0 Å². The number of esters is 1. The largest absolute Gasteiger partial charge is 0.460 e. The number of hydrogen-bond donors (Lipinski definition) is 1. The Bertz CT molecular complexity index is 721. The second kappa shape index (κ2) is 18.0. The van der Waals surface area contributed by atoms with Crippen LogP contribution in [-0.4, -0.2) is 35.5 Å². The Morgan fingerprint density at radius 2 is 1.53 bits per heavy atom. The zero-order valence-electron chi connectivity index (χ0n) is 23.6. The highest BCUT2D eigenvalue weighted by atomic mass is 16.6. The van der Waals surface area contributed by atoms with Gasteiger partial charge in [0, 0.05) is 37.2 Å². The molecule has 6 heteroatoms. The van der Waals surface area contributed by atoms with Gasteiger partial charge < -0.3 is 15.0 Å². The summed E-state index contributed by atoms with van der Waals surface area (Å²) in [6, 6.07) is 7.76. The number of amides is 2. The van der Waals surface area contributed by atoms with E-state index in [9.17, 15) is 14.4 Å². The maximum atomic E-state index is 12.5. The van der Waals surface area contributed by atoms with Gasteiger partial charge in [-0.05, 0) is 64.7 Å². The Balaban J connectivity index is 0. The lowest BCUT2D eigenvalue weighted by atomic mass is 10.0. The van der Waals surface area contributed by atoms with Gasteiger partial charge in [-0.15, -0.1) is 0 Å². The number of rotatable bonds is 9. The van der Waals surface area contributed by atoms with Crippen molar-refractivity contribution in [2.45, 2.75) is 126 Å². The molecule has 0 heterocycles. The van der Waals surface area contributed by atoms with Crippen molar-refractivity contribution in [1.29, 1.82) is 0 Å². The first-order valence-corrected chi connectivity index (χ1v) is 12.8. The van der Waals surface area contributed by atoms with Crippen LogP contribution in [0.5, 0.6) is 0 Å². The molecule has 0 fully saturated rings. The SMILES string of the molecule is CC.CC(=O)OC(C)(C)C.CCCC(CC)N(C(C)=O)c1cccc(C(=O)NC(CC)CC)c1. The summed E-state index contributed by atoms with van der Waals surface area (Å²) in [6.45, 7) is 20.9. The van der Waals surface area contributed by atoms with Crippen LogP contribution >= 0.6 is 0 Å². The number of benzene rings is 1. The average molecular weight is 479 g/mol. The van der Waals surface area contributed by atoms with Crippen LogP contribution in [0, 0.1) is 0 Å². The van der Waals surface area contributed by atoms with E-state index in [1.807, 2.05) is 57.7 Å².